The third kappa shape index (κ3) is 4.86. The van der Waals surface area contributed by atoms with Crippen LogP contribution in [0.15, 0.2) is 18.2 Å². The molecule has 3 nitrogen and oxygen atoms in total. The summed E-state index contributed by atoms with van der Waals surface area (Å²) in [6, 6.07) is 3.42. The lowest BCUT2D eigenvalue weighted by Crippen LogP contribution is -2.25. The summed E-state index contributed by atoms with van der Waals surface area (Å²) in [7, 11) is 0. The second kappa shape index (κ2) is 6.93. The van der Waals surface area contributed by atoms with Crippen molar-refractivity contribution < 1.29 is 18.6 Å². The molecule has 1 aliphatic carbocycles. The van der Waals surface area contributed by atoms with E-state index in [1.165, 1.54) is 18.9 Å². The van der Waals surface area contributed by atoms with Crippen molar-refractivity contribution >= 4 is 0 Å². The molecule has 0 radical (unpaired) electrons. The quantitative estimate of drug-likeness (QED) is 0.711. The number of halogens is 2. The van der Waals surface area contributed by atoms with Gasteiger partial charge in [0.15, 0.2) is 11.6 Å². The van der Waals surface area contributed by atoms with Crippen LogP contribution in [-0.2, 0) is 4.74 Å². The Hall–Kier alpha value is -1.04. The van der Waals surface area contributed by atoms with Crippen LogP contribution in [0.1, 0.15) is 24.5 Å². The van der Waals surface area contributed by atoms with Crippen molar-refractivity contribution in [1.82, 2.24) is 5.32 Å². The highest BCUT2D eigenvalue weighted by Crippen LogP contribution is 2.28. The average Bonchev–Trinajstić information content (AvgIpc) is 3.20. The fourth-order valence-corrected chi connectivity index (χ4v) is 1.76. The second-order valence-electron chi connectivity index (χ2n) is 4.91. The molecule has 0 aliphatic heterocycles. The Kier molecular flexibility index (Phi) is 5.24. The van der Waals surface area contributed by atoms with Gasteiger partial charge >= 0.3 is 0 Å². The van der Waals surface area contributed by atoms with Gasteiger partial charge in [0.2, 0.25) is 0 Å². The summed E-state index contributed by atoms with van der Waals surface area (Å²) in [5.74, 6) is -1.10. The van der Waals surface area contributed by atoms with Gasteiger partial charge in [0, 0.05) is 19.7 Å². The number of ether oxygens (including phenoxy) is 1. The molecule has 2 N–H and O–H groups in total. The third-order valence-electron chi connectivity index (χ3n) is 3.14. The minimum Gasteiger partial charge on any atom is -0.387 e. The summed E-state index contributed by atoms with van der Waals surface area (Å²) < 4.78 is 31.1. The van der Waals surface area contributed by atoms with Gasteiger partial charge in [-0.25, -0.2) is 8.78 Å². The summed E-state index contributed by atoms with van der Waals surface area (Å²) in [4.78, 5) is 0. The van der Waals surface area contributed by atoms with E-state index in [-0.39, 0.29) is 6.54 Å². The van der Waals surface area contributed by atoms with Crippen LogP contribution in [0.25, 0.3) is 0 Å². The first-order valence-electron chi connectivity index (χ1n) is 6.58. The van der Waals surface area contributed by atoms with E-state index < -0.39 is 17.7 Å². The first kappa shape index (κ1) is 14.4. The number of benzene rings is 1. The van der Waals surface area contributed by atoms with Crippen molar-refractivity contribution in [3.8, 4) is 0 Å². The Morgan fingerprint density at radius 1 is 1.32 bits per heavy atom. The molecule has 2 rings (SSSR count). The Morgan fingerprint density at radius 2 is 2.11 bits per heavy atom. The third-order valence-corrected chi connectivity index (χ3v) is 3.14. The van der Waals surface area contributed by atoms with Crippen LogP contribution in [0.3, 0.4) is 0 Å². The first-order chi connectivity index (χ1) is 9.16. The van der Waals surface area contributed by atoms with Crippen molar-refractivity contribution in [3.63, 3.8) is 0 Å². The highest BCUT2D eigenvalue weighted by molar-refractivity contribution is 5.20. The zero-order chi connectivity index (χ0) is 13.7. The smallest absolute Gasteiger partial charge is 0.159 e. The molecular formula is C14H19F2NO2. The van der Waals surface area contributed by atoms with E-state index in [4.69, 9.17) is 4.74 Å². The molecule has 0 amide bonds. The fourth-order valence-electron chi connectivity index (χ4n) is 1.76. The van der Waals surface area contributed by atoms with Crippen molar-refractivity contribution in [2.75, 3.05) is 26.3 Å². The highest BCUT2D eigenvalue weighted by atomic mass is 19.2. The van der Waals surface area contributed by atoms with Gasteiger partial charge in [-0.1, -0.05) is 6.07 Å². The van der Waals surface area contributed by atoms with E-state index in [0.717, 1.165) is 24.7 Å². The number of hydrogen-bond donors (Lipinski definition) is 2. The van der Waals surface area contributed by atoms with E-state index in [1.807, 2.05) is 0 Å². The molecule has 0 bridgehead atoms. The molecule has 19 heavy (non-hydrogen) atoms. The monoisotopic (exact) mass is 271 g/mol. The molecule has 0 saturated heterocycles. The van der Waals surface area contributed by atoms with E-state index in [9.17, 15) is 13.9 Å². The predicted octanol–water partition coefficient (Wildman–Crippen LogP) is 2.01. The summed E-state index contributed by atoms with van der Waals surface area (Å²) in [6.07, 6.45) is 1.68. The van der Waals surface area contributed by atoms with E-state index in [0.29, 0.717) is 18.7 Å². The standard InChI is InChI=1S/C14H19F2NO2/c15-12-4-3-11(7-13(12)16)14(18)8-17-5-6-19-9-10-1-2-10/h3-4,7,10,14,17-18H,1-2,5-6,8-9H2. The maximum atomic E-state index is 13.0. The van der Waals surface area contributed by atoms with E-state index in [2.05, 4.69) is 5.32 Å². The van der Waals surface area contributed by atoms with Gasteiger partial charge in [-0.2, -0.15) is 0 Å². The van der Waals surface area contributed by atoms with Crippen LogP contribution >= 0.6 is 0 Å². The molecule has 1 aromatic carbocycles. The molecule has 5 heteroatoms. The minimum atomic E-state index is -0.940. The lowest BCUT2D eigenvalue weighted by atomic mass is 10.1. The number of aliphatic hydroxyl groups excluding tert-OH is 1. The van der Waals surface area contributed by atoms with Gasteiger partial charge in [-0.05, 0) is 36.5 Å². The van der Waals surface area contributed by atoms with Gasteiger partial charge in [0.1, 0.15) is 0 Å². The summed E-state index contributed by atoms with van der Waals surface area (Å²) in [5, 5.41) is 12.8. The van der Waals surface area contributed by atoms with Crippen LogP contribution in [-0.4, -0.2) is 31.4 Å². The van der Waals surface area contributed by atoms with Gasteiger partial charge in [-0.15, -0.1) is 0 Å². The van der Waals surface area contributed by atoms with Crippen LogP contribution in [0, 0.1) is 17.6 Å². The zero-order valence-corrected chi connectivity index (χ0v) is 10.7. The molecule has 1 atom stereocenters. The average molecular weight is 271 g/mol. The van der Waals surface area contributed by atoms with Crippen molar-refractivity contribution in [2.24, 2.45) is 5.92 Å². The predicted molar refractivity (Wildman–Crippen MR) is 67.7 cm³/mol. The van der Waals surface area contributed by atoms with Crippen LogP contribution in [0.2, 0.25) is 0 Å². The first-order valence-corrected chi connectivity index (χ1v) is 6.58. The number of aliphatic hydroxyl groups is 1. The second-order valence-corrected chi connectivity index (χ2v) is 4.91. The molecule has 0 aromatic heterocycles. The summed E-state index contributed by atoms with van der Waals surface area (Å²) >= 11 is 0. The van der Waals surface area contributed by atoms with Crippen molar-refractivity contribution in [3.05, 3.63) is 35.4 Å². The molecule has 1 unspecified atom stereocenters. The Morgan fingerprint density at radius 3 is 2.79 bits per heavy atom. The summed E-state index contributed by atoms with van der Waals surface area (Å²) in [6.45, 7) is 2.33. The largest absolute Gasteiger partial charge is 0.387 e. The number of nitrogens with one attached hydrogen (secondary N) is 1. The van der Waals surface area contributed by atoms with Crippen molar-refractivity contribution in [2.45, 2.75) is 18.9 Å². The zero-order valence-electron chi connectivity index (χ0n) is 10.7. The minimum absolute atomic E-state index is 0.290. The normalized spacial score (nSPS) is 16.6. The van der Waals surface area contributed by atoms with Crippen LogP contribution in [0.5, 0.6) is 0 Å². The van der Waals surface area contributed by atoms with Crippen LogP contribution < -0.4 is 5.32 Å². The lowest BCUT2D eigenvalue weighted by Gasteiger charge is -2.12. The highest BCUT2D eigenvalue weighted by Gasteiger charge is 2.20. The molecule has 1 aliphatic rings. The van der Waals surface area contributed by atoms with Gasteiger partial charge in [0.25, 0.3) is 0 Å². The number of rotatable bonds is 8. The Balaban J connectivity index is 1.62. The lowest BCUT2D eigenvalue weighted by molar-refractivity contribution is 0.119. The van der Waals surface area contributed by atoms with E-state index >= 15 is 0 Å². The van der Waals surface area contributed by atoms with Gasteiger partial charge < -0.3 is 15.2 Å². The van der Waals surface area contributed by atoms with Gasteiger partial charge in [0.05, 0.1) is 12.7 Å². The molecule has 1 fully saturated rings. The van der Waals surface area contributed by atoms with E-state index in [1.54, 1.807) is 0 Å². The number of hydrogen-bond acceptors (Lipinski definition) is 3. The summed E-state index contributed by atoms with van der Waals surface area (Å²) in [5.41, 5.74) is 0.366. The maximum absolute atomic E-state index is 13.0. The molecule has 1 saturated carbocycles. The topological polar surface area (TPSA) is 41.5 Å². The fraction of sp³-hybridized carbons (Fsp3) is 0.571. The molecule has 1 aromatic rings. The van der Waals surface area contributed by atoms with Gasteiger partial charge in [-0.3, -0.25) is 0 Å². The Labute approximate surface area is 111 Å². The van der Waals surface area contributed by atoms with Crippen molar-refractivity contribution in [1.29, 1.82) is 0 Å². The Bertz CT molecular complexity index is 410. The SMILES string of the molecule is OC(CNCCOCC1CC1)c1ccc(F)c(F)c1. The molecule has 0 spiro atoms. The molecule has 106 valence electrons. The molecular weight excluding hydrogens is 252 g/mol. The van der Waals surface area contributed by atoms with Crippen LogP contribution in [0.4, 0.5) is 8.78 Å². The molecule has 0 heterocycles. The maximum Gasteiger partial charge on any atom is 0.159 e.